The van der Waals surface area contributed by atoms with E-state index < -0.39 is 0 Å². The van der Waals surface area contributed by atoms with Crippen molar-refractivity contribution in [2.24, 2.45) is 0 Å². The van der Waals surface area contributed by atoms with E-state index in [9.17, 15) is 4.79 Å². The maximum absolute atomic E-state index is 12.1. The normalized spacial score (nSPS) is 15.2. The Hall–Kier alpha value is -3.54. The summed E-state index contributed by atoms with van der Waals surface area (Å²) < 4.78 is 6.19. The Morgan fingerprint density at radius 1 is 1.24 bits per heavy atom. The molecule has 1 N–H and O–H groups in total. The molecule has 1 aliphatic rings. The molecular formula is C23H22N4O2. The number of aromatic nitrogens is 3. The highest BCUT2D eigenvalue weighted by Crippen LogP contribution is 2.38. The van der Waals surface area contributed by atoms with Gasteiger partial charge in [0.15, 0.2) is 0 Å². The van der Waals surface area contributed by atoms with E-state index in [-0.39, 0.29) is 12.0 Å². The Balaban J connectivity index is 1.42. The number of hydrogen-bond acceptors (Lipinski definition) is 5. The number of benzene rings is 1. The number of carbonyl (C=O) groups excluding carboxylic acids is 1. The Labute approximate surface area is 169 Å². The minimum atomic E-state index is -0.151. The topological polar surface area (TPSA) is 77.0 Å². The van der Waals surface area contributed by atoms with Gasteiger partial charge in [-0.25, -0.2) is 4.98 Å². The van der Waals surface area contributed by atoms with Gasteiger partial charge < -0.3 is 10.1 Å². The van der Waals surface area contributed by atoms with Gasteiger partial charge in [0.05, 0.1) is 23.6 Å². The number of fused-ring (bicyclic) bond motifs is 1. The van der Waals surface area contributed by atoms with Crippen LogP contribution in [0.25, 0.3) is 17.3 Å². The van der Waals surface area contributed by atoms with E-state index >= 15 is 0 Å². The summed E-state index contributed by atoms with van der Waals surface area (Å²) in [6.07, 6.45) is 9.07. The molecule has 0 spiro atoms. The maximum Gasteiger partial charge on any atom is 0.244 e. The number of hydrogen-bond donors (Lipinski definition) is 1. The first kappa shape index (κ1) is 18.8. The van der Waals surface area contributed by atoms with Gasteiger partial charge in [-0.05, 0) is 49.2 Å². The van der Waals surface area contributed by atoms with Crippen LogP contribution in [0.4, 0.5) is 0 Å². The molecule has 1 aromatic carbocycles. The first-order valence-corrected chi connectivity index (χ1v) is 9.55. The molecule has 0 saturated carbocycles. The van der Waals surface area contributed by atoms with Crippen LogP contribution in [0.2, 0.25) is 0 Å². The van der Waals surface area contributed by atoms with Gasteiger partial charge >= 0.3 is 0 Å². The standard InChI is InChI=1S/C23H22N4O2/c1-15-13-25-16(2)22(27-15)20-5-3-4-18-12-19(29-23(18)20)14-26-21(28)7-6-17-8-10-24-11-9-17/h3-11,13,19H,12,14H2,1-2H3,(H,26,28)/b7-6+. The van der Waals surface area contributed by atoms with Crippen molar-refractivity contribution in [1.82, 2.24) is 20.3 Å². The minimum Gasteiger partial charge on any atom is -0.487 e. The second-order valence-electron chi connectivity index (χ2n) is 7.04. The van der Waals surface area contributed by atoms with Crippen molar-refractivity contribution in [3.8, 4) is 17.0 Å². The lowest BCUT2D eigenvalue weighted by Crippen LogP contribution is -2.33. The molecule has 6 heteroatoms. The van der Waals surface area contributed by atoms with Crippen molar-refractivity contribution in [3.63, 3.8) is 0 Å². The summed E-state index contributed by atoms with van der Waals surface area (Å²) in [4.78, 5) is 25.2. The summed E-state index contributed by atoms with van der Waals surface area (Å²) in [7, 11) is 0. The molecule has 0 bridgehead atoms. The number of para-hydroxylation sites is 1. The van der Waals surface area contributed by atoms with Gasteiger partial charge in [0.1, 0.15) is 11.9 Å². The number of nitrogens with one attached hydrogen (secondary N) is 1. The van der Waals surface area contributed by atoms with Crippen LogP contribution in [-0.4, -0.2) is 33.5 Å². The number of rotatable bonds is 5. The molecule has 1 aliphatic heterocycles. The van der Waals surface area contributed by atoms with Crippen molar-refractivity contribution in [2.75, 3.05) is 6.54 Å². The van der Waals surface area contributed by atoms with Crippen molar-refractivity contribution in [2.45, 2.75) is 26.4 Å². The summed E-state index contributed by atoms with van der Waals surface area (Å²) in [5, 5.41) is 2.92. The summed E-state index contributed by atoms with van der Waals surface area (Å²) in [6.45, 7) is 4.31. The molecule has 3 heterocycles. The Bertz CT molecular complexity index is 1060. The number of ether oxygens (including phenoxy) is 1. The van der Waals surface area contributed by atoms with Crippen LogP contribution >= 0.6 is 0 Å². The van der Waals surface area contributed by atoms with Crippen LogP contribution < -0.4 is 10.1 Å². The number of pyridine rings is 1. The summed E-state index contributed by atoms with van der Waals surface area (Å²) in [6, 6.07) is 9.77. The molecule has 0 fully saturated rings. The van der Waals surface area contributed by atoms with Gasteiger partial charge in [0, 0.05) is 36.7 Å². The summed E-state index contributed by atoms with van der Waals surface area (Å²) in [5.41, 5.74) is 5.57. The van der Waals surface area contributed by atoms with Crippen molar-refractivity contribution >= 4 is 12.0 Å². The highest BCUT2D eigenvalue weighted by Gasteiger charge is 2.27. The predicted octanol–water partition coefficient (Wildman–Crippen LogP) is 3.29. The second-order valence-corrected chi connectivity index (χ2v) is 7.04. The van der Waals surface area contributed by atoms with E-state index in [0.717, 1.165) is 45.9 Å². The monoisotopic (exact) mass is 386 g/mol. The maximum atomic E-state index is 12.1. The van der Waals surface area contributed by atoms with Gasteiger partial charge in [0.25, 0.3) is 0 Å². The highest BCUT2D eigenvalue weighted by atomic mass is 16.5. The van der Waals surface area contributed by atoms with Gasteiger partial charge in [-0.3, -0.25) is 14.8 Å². The zero-order valence-electron chi connectivity index (χ0n) is 16.4. The zero-order valence-corrected chi connectivity index (χ0v) is 16.4. The third kappa shape index (κ3) is 4.32. The molecule has 1 amide bonds. The van der Waals surface area contributed by atoms with E-state index in [0.29, 0.717) is 6.54 Å². The number of amides is 1. The summed E-state index contributed by atoms with van der Waals surface area (Å²) in [5.74, 6) is 0.684. The van der Waals surface area contributed by atoms with Crippen LogP contribution in [0, 0.1) is 13.8 Å². The molecule has 146 valence electrons. The molecule has 0 saturated heterocycles. The summed E-state index contributed by atoms with van der Waals surface area (Å²) >= 11 is 0. The second kappa shape index (κ2) is 8.22. The van der Waals surface area contributed by atoms with Crippen LogP contribution in [0.5, 0.6) is 5.75 Å². The Kier molecular flexibility index (Phi) is 5.33. The smallest absolute Gasteiger partial charge is 0.244 e. The van der Waals surface area contributed by atoms with E-state index in [4.69, 9.17) is 4.74 Å². The van der Waals surface area contributed by atoms with Crippen LogP contribution in [0.3, 0.4) is 0 Å². The number of carbonyl (C=O) groups is 1. The number of aryl methyl sites for hydroxylation is 2. The molecular weight excluding hydrogens is 364 g/mol. The molecule has 1 unspecified atom stereocenters. The molecule has 0 aliphatic carbocycles. The lowest BCUT2D eigenvalue weighted by Gasteiger charge is -2.13. The lowest BCUT2D eigenvalue weighted by atomic mass is 10.0. The average Bonchev–Trinajstić information content (AvgIpc) is 3.16. The molecule has 3 aromatic rings. The van der Waals surface area contributed by atoms with E-state index in [1.54, 1.807) is 24.7 Å². The molecule has 6 nitrogen and oxygen atoms in total. The van der Waals surface area contributed by atoms with Gasteiger partial charge in [-0.1, -0.05) is 12.1 Å². The average molecular weight is 386 g/mol. The molecule has 2 aromatic heterocycles. The quantitative estimate of drug-likeness (QED) is 0.681. The molecule has 29 heavy (non-hydrogen) atoms. The fraction of sp³-hybridized carbons (Fsp3) is 0.217. The van der Waals surface area contributed by atoms with Crippen molar-refractivity contribution in [1.29, 1.82) is 0 Å². The Morgan fingerprint density at radius 2 is 2.07 bits per heavy atom. The van der Waals surface area contributed by atoms with Crippen molar-refractivity contribution < 1.29 is 9.53 Å². The lowest BCUT2D eigenvalue weighted by molar-refractivity contribution is -0.116. The predicted molar refractivity (Wildman–Crippen MR) is 111 cm³/mol. The highest BCUT2D eigenvalue weighted by molar-refractivity contribution is 5.91. The van der Waals surface area contributed by atoms with Crippen LogP contribution in [0.1, 0.15) is 22.5 Å². The van der Waals surface area contributed by atoms with Crippen LogP contribution in [-0.2, 0) is 11.2 Å². The van der Waals surface area contributed by atoms with Crippen LogP contribution in [0.15, 0.2) is 55.0 Å². The van der Waals surface area contributed by atoms with Crippen molar-refractivity contribution in [3.05, 3.63) is 77.5 Å². The first-order chi connectivity index (χ1) is 14.1. The molecule has 0 radical (unpaired) electrons. The SMILES string of the molecule is Cc1cnc(C)c(-c2cccc3c2OC(CNC(=O)/C=C/c2ccncc2)C3)n1. The molecule has 1 atom stereocenters. The van der Waals surface area contributed by atoms with E-state index in [1.165, 1.54) is 6.08 Å². The fourth-order valence-corrected chi connectivity index (χ4v) is 3.35. The third-order valence-electron chi connectivity index (χ3n) is 4.80. The van der Waals surface area contributed by atoms with E-state index in [1.807, 2.05) is 38.1 Å². The van der Waals surface area contributed by atoms with E-state index in [2.05, 4.69) is 26.3 Å². The minimum absolute atomic E-state index is 0.109. The largest absolute Gasteiger partial charge is 0.487 e. The molecule has 4 rings (SSSR count). The zero-order chi connectivity index (χ0) is 20.2. The fourth-order valence-electron chi connectivity index (χ4n) is 3.35. The number of nitrogens with zero attached hydrogens (tertiary/aromatic N) is 3. The van der Waals surface area contributed by atoms with Gasteiger partial charge in [-0.15, -0.1) is 0 Å². The first-order valence-electron chi connectivity index (χ1n) is 9.55. The Morgan fingerprint density at radius 3 is 2.90 bits per heavy atom. The van der Waals surface area contributed by atoms with Gasteiger partial charge in [0.2, 0.25) is 5.91 Å². The van der Waals surface area contributed by atoms with Gasteiger partial charge in [-0.2, -0.15) is 0 Å². The third-order valence-corrected chi connectivity index (χ3v) is 4.80.